The maximum Gasteiger partial charge on any atom is 0.416 e. The minimum absolute atomic E-state index is 0.317. The maximum absolute atomic E-state index is 12.7. The lowest BCUT2D eigenvalue weighted by atomic mass is 10.1. The number of hydrogen-bond acceptors (Lipinski definition) is 4. The summed E-state index contributed by atoms with van der Waals surface area (Å²) < 4.78 is 43.4. The largest absolute Gasteiger partial charge is 0.416 e. The molecule has 0 aliphatic heterocycles. The van der Waals surface area contributed by atoms with Crippen LogP contribution in [0.4, 0.5) is 13.2 Å². The summed E-state index contributed by atoms with van der Waals surface area (Å²) in [5.41, 5.74) is 0.443. The van der Waals surface area contributed by atoms with Crippen LogP contribution in [0.2, 0.25) is 0 Å². The first kappa shape index (κ1) is 14.2. The molecule has 0 saturated carbocycles. The van der Waals surface area contributed by atoms with Crippen molar-refractivity contribution in [2.24, 2.45) is 0 Å². The zero-order chi connectivity index (χ0) is 15.7. The summed E-state index contributed by atoms with van der Waals surface area (Å²) >= 11 is 0. The van der Waals surface area contributed by atoms with Crippen molar-refractivity contribution < 1.29 is 17.7 Å². The number of alkyl halides is 3. The predicted octanol–water partition coefficient (Wildman–Crippen LogP) is 4.13. The summed E-state index contributed by atoms with van der Waals surface area (Å²) in [6.45, 7) is 1.73. The molecule has 4 nitrogen and oxygen atoms in total. The van der Waals surface area contributed by atoms with Crippen molar-refractivity contribution in [2.75, 3.05) is 0 Å². The smallest absolute Gasteiger partial charge is 0.354 e. The van der Waals surface area contributed by atoms with E-state index in [-0.39, 0.29) is 0 Å². The first-order chi connectivity index (χ1) is 10.4. The van der Waals surface area contributed by atoms with E-state index in [1.54, 1.807) is 31.3 Å². The molecule has 0 radical (unpaired) electrons. The number of halogens is 3. The van der Waals surface area contributed by atoms with Crippen LogP contribution >= 0.6 is 0 Å². The molecule has 1 aromatic carbocycles. The number of hydrogen-bond donors (Lipinski definition) is 0. The molecule has 2 aromatic heterocycles. The number of rotatable bonds is 2. The molecule has 2 heterocycles. The van der Waals surface area contributed by atoms with Crippen molar-refractivity contribution in [1.82, 2.24) is 15.1 Å². The molecule has 0 bridgehead atoms. The fraction of sp³-hybridized carbons (Fsp3) is 0.133. The van der Waals surface area contributed by atoms with Crippen molar-refractivity contribution in [3.05, 3.63) is 54.0 Å². The van der Waals surface area contributed by atoms with Gasteiger partial charge in [-0.2, -0.15) is 13.2 Å². The van der Waals surface area contributed by atoms with Crippen LogP contribution in [0.1, 0.15) is 11.4 Å². The fourth-order valence-electron chi connectivity index (χ4n) is 1.98. The monoisotopic (exact) mass is 305 g/mol. The summed E-state index contributed by atoms with van der Waals surface area (Å²) in [4.78, 5) is 8.15. The van der Waals surface area contributed by atoms with E-state index in [0.717, 1.165) is 12.1 Å². The Morgan fingerprint density at radius 3 is 2.59 bits per heavy atom. The van der Waals surface area contributed by atoms with Gasteiger partial charge in [-0.25, -0.2) is 9.97 Å². The zero-order valence-corrected chi connectivity index (χ0v) is 11.4. The molecular weight excluding hydrogens is 295 g/mol. The van der Waals surface area contributed by atoms with Gasteiger partial charge in [-0.3, -0.25) is 0 Å². The minimum Gasteiger partial charge on any atom is -0.354 e. The van der Waals surface area contributed by atoms with Gasteiger partial charge in [0.05, 0.1) is 5.56 Å². The van der Waals surface area contributed by atoms with Crippen LogP contribution in [-0.2, 0) is 6.18 Å². The summed E-state index contributed by atoms with van der Waals surface area (Å²) in [5.74, 6) is 0.937. The molecule has 0 aliphatic carbocycles. The van der Waals surface area contributed by atoms with E-state index in [9.17, 15) is 13.2 Å². The highest BCUT2D eigenvalue weighted by atomic mass is 19.4. The SMILES string of the molecule is Cc1nccc(-c2cc(-c3cccc(C(F)(F)F)c3)no2)n1. The summed E-state index contributed by atoms with van der Waals surface area (Å²) in [6.07, 6.45) is -2.82. The summed E-state index contributed by atoms with van der Waals surface area (Å²) in [5, 5.41) is 3.81. The molecule has 0 atom stereocenters. The van der Waals surface area contributed by atoms with Crippen molar-refractivity contribution in [3.8, 4) is 22.7 Å². The van der Waals surface area contributed by atoms with Gasteiger partial charge in [0.2, 0.25) is 0 Å². The third-order valence-electron chi connectivity index (χ3n) is 3.02. The van der Waals surface area contributed by atoms with Gasteiger partial charge in [-0.15, -0.1) is 0 Å². The van der Waals surface area contributed by atoms with Gasteiger partial charge in [0, 0.05) is 17.8 Å². The van der Waals surface area contributed by atoms with Gasteiger partial charge in [0.25, 0.3) is 0 Å². The van der Waals surface area contributed by atoms with Crippen molar-refractivity contribution in [3.63, 3.8) is 0 Å². The van der Waals surface area contributed by atoms with E-state index in [0.29, 0.717) is 28.5 Å². The Balaban J connectivity index is 1.98. The third-order valence-corrected chi connectivity index (χ3v) is 3.02. The normalized spacial score (nSPS) is 11.6. The number of aryl methyl sites for hydroxylation is 1. The van der Waals surface area contributed by atoms with Crippen LogP contribution in [0.25, 0.3) is 22.7 Å². The van der Waals surface area contributed by atoms with Gasteiger partial charge < -0.3 is 4.52 Å². The van der Waals surface area contributed by atoms with Crippen LogP contribution in [0.3, 0.4) is 0 Å². The number of nitrogens with zero attached hydrogens (tertiary/aromatic N) is 3. The zero-order valence-electron chi connectivity index (χ0n) is 11.4. The van der Waals surface area contributed by atoms with E-state index >= 15 is 0 Å². The van der Waals surface area contributed by atoms with Crippen LogP contribution < -0.4 is 0 Å². The molecule has 0 unspecified atom stereocenters. The Morgan fingerprint density at radius 2 is 1.86 bits per heavy atom. The Labute approximate surface area is 123 Å². The average Bonchev–Trinajstić information content (AvgIpc) is 2.96. The average molecular weight is 305 g/mol. The molecule has 0 amide bonds. The first-order valence-electron chi connectivity index (χ1n) is 6.38. The fourth-order valence-corrected chi connectivity index (χ4v) is 1.98. The summed E-state index contributed by atoms with van der Waals surface area (Å²) in [6, 6.07) is 8.12. The highest BCUT2D eigenvalue weighted by molar-refractivity contribution is 5.65. The molecule has 3 rings (SSSR count). The number of benzene rings is 1. The molecule has 0 aliphatic rings. The second-order valence-corrected chi connectivity index (χ2v) is 4.64. The van der Waals surface area contributed by atoms with E-state index < -0.39 is 11.7 Å². The van der Waals surface area contributed by atoms with Gasteiger partial charge in [0.15, 0.2) is 5.76 Å². The maximum atomic E-state index is 12.7. The molecule has 3 aromatic rings. The van der Waals surface area contributed by atoms with Gasteiger partial charge in [-0.1, -0.05) is 17.3 Å². The van der Waals surface area contributed by atoms with Crippen LogP contribution in [0.15, 0.2) is 47.1 Å². The van der Waals surface area contributed by atoms with Crippen molar-refractivity contribution in [1.29, 1.82) is 0 Å². The minimum atomic E-state index is -4.40. The predicted molar refractivity (Wildman–Crippen MR) is 72.7 cm³/mol. The molecule has 22 heavy (non-hydrogen) atoms. The summed E-state index contributed by atoms with van der Waals surface area (Å²) in [7, 11) is 0. The molecular formula is C15H10F3N3O. The Bertz CT molecular complexity index is 812. The molecule has 112 valence electrons. The second-order valence-electron chi connectivity index (χ2n) is 4.64. The molecule has 0 spiro atoms. The van der Waals surface area contributed by atoms with Gasteiger partial charge >= 0.3 is 6.18 Å². The quantitative estimate of drug-likeness (QED) is 0.714. The third kappa shape index (κ3) is 2.83. The molecule has 0 saturated heterocycles. The van der Waals surface area contributed by atoms with Crippen molar-refractivity contribution in [2.45, 2.75) is 13.1 Å². The van der Waals surface area contributed by atoms with Gasteiger partial charge in [0.1, 0.15) is 17.2 Å². The van der Waals surface area contributed by atoms with Gasteiger partial charge in [-0.05, 0) is 25.1 Å². The van der Waals surface area contributed by atoms with E-state index in [1.165, 1.54) is 6.07 Å². The highest BCUT2D eigenvalue weighted by Gasteiger charge is 2.30. The molecule has 7 heteroatoms. The van der Waals surface area contributed by atoms with Crippen LogP contribution in [0, 0.1) is 6.92 Å². The topological polar surface area (TPSA) is 51.8 Å². The lowest BCUT2D eigenvalue weighted by Crippen LogP contribution is -2.04. The van der Waals surface area contributed by atoms with Crippen LogP contribution in [0.5, 0.6) is 0 Å². The Morgan fingerprint density at radius 1 is 1.05 bits per heavy atom. The lowest BCUT2D eigenvalue weighted by molar-refractivity contribution is -0.137. The van der Waals surface area contributed by atoms with Crippen molar-refractivity contribution >= 4 is 0 Å². The molecule has 0 N–H and O–H groups in total. The molecule has 0 fully saturated rings. The number of aromatic nitrogens is 3. The lowest BCUT2D eigenvalue weighted by Gasteiger charge is -2.06. The Kier molecular flexibility index (Phi) is 3.40. The van der Waals surface area contributed by atoms with Crippen LogP contribution in [-0.4, -0.2) is 15.1 Å². The standard InChI is InChI=1S/C15H10F3N3O/c1-9-19-6-5-12(20-9)14-8-13(21-22-14)10-3-2-4-11(7-10)15(16,17)18/h2-8H,1H3. The van der Waals surface area contributed by atoms with E-state index in [1.807, 2.05) is 0 Å². The second kappa shape index (κ2) is 5.25. The Hall–Kier alpha value is -2.70. The van der Waals surface area contributed by atoms with E-state index in [2.05, 4.69) is 15.1 Å². The highest BCUT2D eigenvalue weighted by Crippen LogP contribution is 2.32. The van der Waals surface area contributed by atoms with E-state index in [4.69, 9.17) is 4.52 Å². The first-order valence-corrected chi connectivity index (χ1v) is 6.38.